The Balaban J connectivity index is 0.000000343. The molecule has 12 nitrogen and oxygen atoms in total. The van der Waals surface area contributed by atoms with Crippen LogP contribution >= 0.6 is 24.4 Å². The number of nitrogens with zero attached hydrogens (tertiary/aromatic N) is 1. The Bertz CT molecular complexity index is 1000. The molecule has 0 radical (unpaired) electrons. The fourth-order valence-corrected chi connectivity index (χ4v) is 3.18. The Labute approximate surface area is 221 Å². The standard InChI is InChI=1S/C10H11N3O4S.C10H13N3O2S.2CH4/c14-13(15)8-4-2-1-3-7(8)11-9(18)12-10-16-5-6-17-10;11-7-3-1-2-4-8(7)12-9(16)13-10-14-5-6-15-10;;/h1-4,10H,5-6H2,(H2,11,12,18);1-4,10H,5-6,11H2,(H2,12,13,16);2*1H4. The lowest BCUT2D eigenvalue weighted by Crippen LogP contribution is -2.38. The molecule has 36 heavy (non-hydrogen) atoms. The zero-order valence-electron chi connectivity index (χ0n) is 17.9. The summed E-state index contributed by atoms with van der Waals surface area (Å²) in [5.41, 5.74) is 7.44. The van der Waals surface area contributed by atoms with Crippen LogP contribution in [0, 0.1) is 10.1 Å². The number of ether oxygens (including phenoxy) is 4. The minimum atomic E-state index is -0.604. The molecule has 2 aromatic rings. The molecule has 198 valence electrons. The van der Waals surface area contributed by atoms with E-state index in [4.69, 9.17) is 49.1 Å². The number of hydrogen-bond acceptors (Lipinski definition) is 9. The van der Waals surface area contributed by atoms with Crippen LogP contribution in [-0.2, 0) is 18.9 Å². The molecule has 0 amide bonds. The number of nitro benzene ring substituents is 1. The van der Waals surface area contributed by atoms with Crippen LogP contribution in [0.15, 0.2) is 48.5 Å². The number of para-hydroxylation sites is 4. The molecule has 0 bridgehead atoms. The van der Waals surface area contributed by atoms with Crippen LogP contribution < -0.4 is 27.0 Å². The van der Waals surface area contributed by atoms with Gasteiger partial charge in [-0.15, -0.1) is 0 Å². The normalized spacial score (nSPS) is 14.8. The molecule has 2 aliphatic heterocycles. The molecule has 0 spiro atoms. The second-order valence-corrected chi connectivity index (χ2v) is 7.52. The van der Waals surface area contributed by atoms with Crippen LogP contribution in [0.3, 0.4) is 0 Å². The average molecular weight is 541 g/mol. The number of nitrogen functional groups attached to an aromatic ring is 1. The average Bonchev–Trinajstić information content (AvgIpc) is 3.50. The van der Waals surface area contributed by atoms with Crippen LogP contribution in [0.2, 0.25) is 0 Å². The highest BCUT2D eigenvalue weighted by molar-refractivity contribution is 7.80. The SMILES string of the molecule is C.C.Nc1ccccc1NC(=S)NC1OCCO1.O=[N+]([O-])c1ccccc1NC(=S)NC1OCCO1. The van der Waals surface area contributed by atoms with Crippen molar-refractivity contribution in [1.82, 2.24) is 10.6 Å². The van der Waals surface area contributed by atoms with Gasteiger partial charge < -0.3 is 45.9 Å². The summed E-state index contributed by atoms with van der Waals surface area (Å²) >= 11 is 10.1. The molecule has 2 saturated heterocycles. The zero-order valence-corrected chi connectivity index (χ0v) is 19.5. The van der Waals surface area contributed by atoms with E-state index in [0.717, 1.165) is 5.69 Å². The summed E-state index contributed by atoms with van der Waals surface area (Å²) in [6.07, 6.45) is -1.07. The Morgan fingerprint density at radius 3 is 1.69 bits per heavy atom. The van der Waals surface area contributed by atoms with Crippen LogP contribution in [0.5, 0.6) is 0 Å². The van der Waals surface area contributed by atoms with Gasteiger partial charge in [-0.2, -0.15) is 0 Å². The quantitative estimate of drug-likeness (QED) is 0.163. The van der Waals surface area contributed by atoms with E-state index in [2.05, 4.69) is 21.3 Å². The number of benzene rings is 2. The lowest BCUT2D eigenvalue weighted by Gasteiger charge is -2.15. The summed E-state index contributed by atoms with van der Waals surface area (Å²) < 4.78 is 20.7. The van der Waals surface area contributed by atoms with Crippen LogP contribution in [0.25, 0.3) is 0 Å². The third-order valence-electron chi connectivity index (χ3n) is 4.30. The summed E-state index contributed by atoms with van der Waals surface area (Å²) in [5.74, 6) is 0. The minimum Gasteiger partial charge on any atom is -0.397 e. The molecule has 0 aliphatic carbocycles. The van der Waals surface area contributed by atoms with Crippen molar-refractivity contribution in [2.24, 2.45) is 0 Å². The lowest BCUT2D eigenvalue weighted by atomic mass is 10.3. The summed E-state index contributed by atoms with van der Waals surface area (Å²) in [4.78, 5) is 10.3. The maximum atomic E-state index is 10.8. The number of nitro groups is 1. The maximum absolute atomic E-state index is 10.8. The molecule has 6 N–H and O–H groups in total. The van der Waals surface area contributed by atoms with Gasteiger partial charge in [-0.05, 0) is 42.6 Å². The van der Waals surface area contributed by atoms with E-state index in [-0.39, 0.29) is 25.7 Å². The van der Waals surface area contributed by atoms with Gasteiger partial charge in [0.15, 0.2) is 10.2 Å². The third kappa shape index (κ3) is 9.85. The van der Waals surface area contributed by atoms with E-state index < -0.39 is 17.8 Å². The van der Waals surface area contributed by atoms with Gasteiger partial charge in [-0.3, -0.25) is 10.1 Å². The van der Waals surface area contributed by atoms with Crippen molar-refractivity contribution in [3.63, 3.8) is 0 Å². The number of nitrogens with one attached hydrogen (secondary N) is 4. The molecule has 2 aromatic carbocycles. The second kappa shape index (κ2) is 15.8. The molecule has 2 fully saturated rings. The fourth-order valence-electron chi connectivity index (χ4n) is 2.76. The van der Waals surface area contributed by atoms with Gasteiger partial charge in [-0.25, -0.2) is 0 Å². The Morgan fingerprint density at radius 1 is 0.806 bits per heavy atom. The molecule has 14 heteroatoms. The third-order valence-corrected chi connectivity index (χ3v) is 4.74. The highest BCUT2D eigenvalue weighted by atomic mass is 32.1. The molecule has 0 unspecified atom stereocenters. The number of hydrogen-bond donors (Lipinski definition) is 5. The summed E-state index contributed by atoms with van der Waals surface area (Å²) in [5, 5.41) is 22.8. The van der Waals surface area contributed by atoms with Crippen LogP contribution in [0.1, 0.15) is 14.9 Å². The largest absolute Gasteiger partial charge is 0.397 e. The molecular formula is C22H32N6O6S2. The Kier molecular flexibility index (Phi) is 13.5. The van der Waals surface area contributed by atoms with Gasteiger partial charge in [0, 0.05) is 6.07 Å². The predicted molar refractivity (Wildman–Crippen MR) is 148 cm³/mol. The molecular weight excluding hydrogens is 508 g/mol. The minimum absolute atomic E-state index is 0. The van der Waals surface area contributed by atoms with E-state index in [1.807, 2.05) is 18.2 Å². The first-order valence-electron chi connectivity index (χ1n) is 10.1. The smallest absolute Gasteiger partial charge is 0.292 e. The van der Waals surface area contributed by atoms with Gasteiger partial charge in [0.1, 0.15) is 5.69 Å². The number of thiocarbonyl (C=S) groups is 2. The van der Waals surface area contributed by atoms with E-state index in [0.29, 0.717) is 42.9 Å². The highest BCUT2D eigenvalue weighted by Gasteiger charge is 2.19. The van der Waals surface area contributed by atoms with Crippen molar-refractivity contribution in [1.29, 1.82) is 0 Å². The fraction of sp³-hybridized carbons (Fsp3) is 0.364. The zero-order chi connectivity index (χ0) is 24.3. The molecule has 0 saturated carbocycles. The van der Waals surface area contributed by atoms with Gasteiger partial charge >= 0.3 is 0 Å². The lowest BCUT2D eigenvalue weighted by molar-refractivity contribution is -0.383. The Hall–Kier alpha value is -3.14. The number of anilines is 3. The van der Waals surface area contributed by atoms with E-state index in [9.17, 15) is 10.1 Å². The van der Waals surface area contributed by atoms with Gasteiger partial charge in [0.2, 0.25) is 12.8 Å². The maximum Gasteiger partial charge on any atom is 0.292 e. The summed E-state index contributed by atoms with van der Waals surface area (Å²) in [7, 11) is 0. The first-order chi connectivity index (χ1) is 16.4. The van der Waals surface area contributed by atoms with Crippen LogP contribution in [-0.4, -0.2) is 54.4 Å². The molecule has 4 rings (SSSR count). The van der Waals surface area contributed by atoms with Crippen molar-refractivity contribution >= 4 is 57.4 Å². The van der Waals surface area contributed by atoms with Crippen molar-refractivity contribution in [3.05, 3.63) is 58.6 Å². The number of nitrogens with two attached hydrogens (primary N) is 1. The Morgan fingerprint density at radius 2 is 1.22 bits per heavy atom. The van der Waals surface area contributed by atoms with E-state index >= 15 is 0 Å². The molecule has 2 aliphatic rings. The summed E-state index contributed by atoms with van der Waals surface area (Å²) in [6.45, 7) is 2.14. The molecule has 0 aromatic heterocycles. The summed E-state index contributed by atoms with van der Waals surface area (Å²) in [6, 6.07) is 13.6. The first-order valence-corrected chi connectivity index (χ1v) is 10.9. The van der Waals surface area contributed by atoms with Crippen molar-refractivity contribution in [3.8, 4) is 0 Å². The van der Waals surface area contributed by atoms with Crippen LogP contribution in [0.4, 0.5) is 22.7 Å². The predicted octanol–water partition coefficient (Wildman–Crippen LogP) is 3.37. The first kappa shape index (κ1) is 30.9. The second-order valence-electron chi connectivity index (χ2n) is 6.71. The van der Waals surface area contributed by atoms with Crippen molar-refractivity contribution in [2.75, 3.05) is 42.8 Å². The van der Waals surface area contributed by atoms with Gasteiger partial charge in [0.25, 0.3) is 5.69 Å². The van der Waals surface area contributed by atoms with Gasteiger partial charge in [-0.1, -0.05) is 39.1 Å². The van der Waals surface area contributed by atoms with E-state index in [1.165, 1.54) is 6.07 Å². The highest BCUT2D eigenvalue weighted by Crippen LogP contribution is 2.23. The molecule has 2 heterocycles. The van der Waals surface area contributed by atoms with Gasteiger partial charge in [0.05, 0.1) is 42.7 Å². The monoisotopic (exact) mass is 540 g/mol. The van der Waals surface area contributed by atoms with Crippen molar-refractivity contribution in [2.45, 2.75) is 27.7 Å². The van der Waals surface area contributed by atoms with Crippen molar-refractivity contribution < 1.29 is 23.9 Å². The van der Waals surface area contributed by atoms with E-state index in [1.54, 1.807) is 24.3 Å². The molecule has 0 atom stereocenters. The number of rotatable bonds is 5. The topological polar surface area (TPSA) is 154 Å².